The van der Waals surface area contributed by atoms with Crippen LogP contribution in [0.2, 0.25) is 0 Å². The molecule has 2 aromatic carbocycles. The molecule has 0 bridgehead atoms. The van der Waals surface area contributed by atoms with Gasteiger partial charge in [0, 0.05) is 29.6 Å². The minimum absolute atomic E-state index is 0.0168. The molecule has 5 rings (SSSR count). The van der Waals surface area contributed by atoms with E-state index in [1.54, 1.807) is 18.3 Å². The van der Waals surface area contributed by atoms with Crippen molar-refractivity contribution in [1.82, 2.24) is 10.3 Å². The van der Waals surface area contributed by atoms with Gasteiger partial charge in [-0.15, -0.1) is 0 Å². The molecule has 1 aliphatic heterocycles. The van der Waals surface area contributed by atoms with Gasteiger partial charge in [0.25, 0.3) is 5.69 Å². The van der Waals surface area contributed by atoms with Gasteiger partial charge in [0.15, 0.2) is 5.11 Å². The third-order valence-corrected chi connectivity index (χ3v) is 6.30. The number of nitrogens with one attached hydrogen (secondary N) is 1. The summed E-state index contributed by atoms with van der Waals surface area (Å²) in [5.74, 6) is 1.24. The van der Waals surface area contributed by atoms with Gasteiger partial charge in [-0.2, -0.15) is 0 Å². The van der Waals surface area contributed by atoms with E-state index >= 15 is 0 Å². The van der Waals surface area contributed by atoms with Gasteiger partial charge < -0.3 is 14.6 Å². The molecule has 0 radical (unpaired) electrons. The zero-order valence-corrected chi connectivity index (χ0v) is 19.2. The van der Waals surface area contributed by atoms with Crippen LogP contribution in [0, 0.1) is 10.1 Å². The van der Waals surface area contributed by atoms with E-state index < -0.39 is 4.92 Å². The van der Waals surface area contributed by atoms with Crippen molar-refractivity contribution in [3.63, 3.8) is 0 Å². The Bertz CT molecular complexity index is 1340. The summed E-state index contributed by atoms with van der Waals surface area (Å²) in [7, 11) is 0. The number of rotatable bonds is 6. The van der Waals surface area contributed by atoms with E-state index in [1.165, 1.54) is 17.7 Å². The van der Waals surface area contributed by atoms with Crippen LogP contribution in [-0.2, 0) is 6.42 Å². The number of nitro groups is 1. The molecule has 170 valence electrons. The smallest absolute Gasteiger partial charge is 0.270 e. The largest absolute Gasteiger partial charge is 0.459 e. The molecule has 1 fully saturated rings. The van der Waals surface area contributed by atoms with Crippen LogP contribution in [0.25, 0.3) is 11.3 Å². The molecule has 1 N–H and O–H groups in total. The highest BCUT2D eigenvalue weighted by Gasteiger charge is 2.42. The average molecular weight is 471 g/mol. The molecule has 0 spiro atoms. The Balaban J connectivity index is 1.58. The van der Waals surface area contributed by atoms with Crippen LogP contribution in [-0.4, -0.2) is 15.0 Å². The fourth-order valence-corrected chi connectivity index (χ4v) is 4.60. The van der Waals surface area contributed by atoms with Crippen molar-refractivity contribution in [3.05, 3.63) is 112 Å². The molecule has 7 nitrogen and oxygen atoms in total. The zero-order chi connectivity index (χ0) is 23.7. The van der Waals surface area contributed by atoms with Crippen molar-refractivity contribution in [1.29, 1.82) is 0 Å². The predicted molar refractivity (Wildman–Crippen MR) is 135 cm³/mol. The van der Waals surface area contributed by atoms with Gasteiger partial charge in [-0.25, -0.2) is 0 Å². The van der Waals surface area contributed by atoms with E-state index in [9.17, 15) is 10.1 Å². The number of hydrogen-bond donors (Lipinski definition) is 1. The van der Waals surface area contributed by atoms with Crippen LogP contribution in [0.4, 0.5) is 11.4 Å². The third kappa shape index (κ3) is 4.04. The van der Waals surface area contributed by atoms with E-state index in [0.29, 0.717) is 22.2 Å². The van der Waals surface area contributed by atoms with Crippen LogP contribution in [0.3, 0.4) is 0 Å². The maximum Gasteiger partial charge on any atom is 0.270 e. The number of benzene rings is 2. The lowest BCUT2D eigenvalue weighted by atomic mass is 10.0. The highest BCUT2D eigenvalue weighted by molar-refractivity contribution is 7.80. The van der Waals surface area contributed by atoms with Crippen LogP contribution in [0.15, 0.2) is 89.5 Å². The fraction of sp³-hybridized carbons (Fsp3) is 0.154. The quantitative estimate of drug-likeness (QED) is 0.210. The van der Waals surface area contributed by atoms with E-state index in [0.717, 1.165) is 17.8 Å². The first-order valence-corrected chi connectivity index (χ1v) is 11.4. The van der Waals surface area contributed by atoms with E-state index in [4.69, 9.17) is 16.6 Å². The Morgan fingerprint density at radius 1 is 1.09 bits per heavy atom. The molecule has 0 amide bonds. The van der Waals surface area contributed by atoms with Crippen LogP contribution in [0.1, 0.15) is 36.0 Å². The predicted octanol–water partition coefficient (Wildman–Crippen LogP) is 5.99. The molecule has 1 aliphatic rings. The lowest BCUT2D eigenvalue weighted by molar-refractivity contribution is -0.384. The van der Waals surface area contributed by atoms with Crippen molar-refractivity contribution in [2.24, 2.45) is 0 Å². The minimum Gasteiger partial charge on any atom is -0.459 e. The SMILES string of the molecule is CCc1ccc(N2C(=S)N[C@@H](c3ccccn3)[C@@H]2c2ccc(-c3cccc([N+](=O)[O-])c3)o2)cc1. The number of pyridine rings is 1. The lowest BCUT2D eigenvalue weighted by Crippen LogP contribution is -2.29. The first-order valence-electron chi connectivity index (χ1n) is 11.0. The molecule has 3 heterocycles. The monoisotopic (exact) mass is 470 g/mol. The number of aryl methyl sites for hydroxylation is 1. The summed E-state index contributed by atoms with van der Waals surface area (Å²) in [4.78, 5) is 17.4. The number of hydrogen-bond acceptors (Lipinski definition) is 5. The fourth-order valence-electron chi connectivity index (χ4n) is 4.25. The van der Waals surface area contributed by atoms with E-state index in [1.807, 2.05) is 35.2 Å². The van der Waals surface area contributed by atoms with Gasteiger partial charge in [-0.1, -0.05) is 37.3 Å². The molecule has 8 heteroatoms. The van der Waals surface area contributed by atoms with Gasteiger partial charge >= 0.3 is 0 Å². The van der Waals surface area contributed by atoms with Crippen LogP contribution in [0.5, 0.6) is 0 Å². The van der Waals surface area contributed by atoms with Crippen molar-refractivity contribution in [2.75, 3.05) is 4.90 Å². The molecule has 0 aliphatic carbocycles. The van der Waals surface area contributed by atoms with Gasteiger partial charge in [0.05, 0.1) is 16.7 Å². The van der Waals surface area contributed by atoms with Gasteiger partial charge in [-0.3, -0.25) is 15.1 Å². The number of anilines is 1. The average Bonchev–Trinajstić information content (AvgIpc) is 3.49. The second-order valence-electron chi connectivity index (χ2n) is 8.03. The normalized spacial score (nSPS) is 17.6. The van der Waals surface area contributed by atoms with Crippen molar-refractivity contribution in [3.8, 4) is 11.3 Å². The Morgan fingerprint density at radius 2 is 1.91 bits per heavy atom. The second kappa shape index (κ2) is 9.07. The Kier molecular flexibility index (Phi) is 5.81. The van der Waals surface area contributed by atoms with Gasteiger partial charge in [0.1, 0.15) is 17.6 Å². The zero-order valence-electron chi connectivity index (χ0n) is 18.4. The molecule has 0 unspecified atom stereocenters. The number of nitrogens with zero attached hydrogens (tertiary/aromatic N) is 3. The van der Waals surface area contributed by atoms with Crippen LogP contribution >= 0.6 is 12.2 Å². The summed E-state index contributed by atoms with van der Waals surface area (Å²) in [6, 6.07) is 23.7. The van der Waals surface area contributed by atoms with Gasteiger partial charge in [-0.05, 0) is 60.6 Å². The second-order valence-corrected chi connectivity index (χ2v) is 8.41. The standard InChI is InChI=1S/C26H22N4O3S/c1-2-17-9-11-19(12-10-17)29-25(24(28-26(29)34)21-8-3-4-15-27-21)23-14-13-22(33-23)18-6-5-7-20(16-18)30(31)32/h3-16,24-25H,2H2,1H3,(H,28,34)/t24-,25-/m0/s1. The molecule has 4 aromatic rings. The summed E-state index contributed by atoms with van der Waals surface area (Å²) in [5, 5.41) is 15.2. The molecule has 1 saturated heterocycles. The molecule has 0 saturated carbocycles. The maximum atomic E-state index is 11.2. The summed E-state index contributed by atoms with van der Waals surface area (Å²) in [6.07, 6.45) is 2.71. The lowest BCUT2D eigenvalue weighted by Gasteiger charge is -2.26. The summed E-state index contributed by atoms with van der Waals surface area (Å²) in [6.45, 7) is 2.12. The minimum atomic E-state index is -0.411. The van der Waals surface area contributed by atoms with Crippen molar-refractivity contribution >= 4 is 28.7 Å². The Hall–Kier alpha value is -4.04. The molecule has 2 aromatic heterocycles. The Labute approximate surface area is 202 Å². The van der Waals surface area contributed by atoms with Gasteiger partial charge in [0.2, 0.25) is 0 Å². The summed E-state index contributed by atoms with van der Waals surface area (Å²) >= 11 is 5.75. The summed E-state index contributed by atoms with van der Waals surface area (Å²) in [5.41, 5.74) is 3.69. The van der Waals surface area contributed by atoms with Crippen molar-refractivity contribution < 1.29 is 9.34 Å². The first-order chi connectivity index (χ1) is 16.5. The first kappa shape index (κ1) is 21.8. The molecule has 2 atom stereocenters. The molecule has 34 heavy (non-hydrogen) atoms. The number of aromatic nitrogens is 1. The molecular weight excluding hydrogens is 448 g/mol. The van der Waals surface area contributed by atoms with E-state index in [-0.39, 0.29) is 17.8 Å². The number of thiocarbonyl (C=S) groups is 1. The Morgan fingerprint density at radius 3 is 2.62 bits per heavy atom. The third-order valence-electron chi connectivity index (χ3n) is 5.98. The van der Waals surface area contributed by atoms with Crippen molar-refractivity contribution in [2.45, 2.75) is 25.4 Å². The number of nitro benzene ring substituents is 1. The highest BCUT2D eigenvalue weighted by atomic mass is 32.1. The topological polar surface area (TPSA) is 84.4 Å². The molecular formula is C26H22N4O3S. The van der Waals surface area contributed by atoms with Crippen LogP contribution < -0.4 is 10.2 Å². The summed E-state index contributed by atoms with van der Waals surface area (Å²) < 4.78 is 6.29. The number of non-ortho nitro benzene ring substituents is 1. The van der Waals surface area contributed by atoms with E-state index in [2.05, 4.69) is 41.5 Å². The number of furan rings is 1. The highest BCUT2D eigenvalue weighted by Crippen LogP contribution is 2.43. The maximum absolute atomic E-state index is 11.2.